The summed E-state index contributed by atoms with van der Waals surface area (Å²) in [4.78, 5) is 68.4. The molecular formula is C34H47F4N3O9. The molecular weight excluding hydrogens is 670 g/mol. The van der Waals surface area contributed by atoms with Crippen molar-refractivity contribution in [2.24, 2.45) is 17.8 Å². The quantitative estimate of drug-likeness (QED) is 0.128. The van der Waals surface area contributed by atoms with Gasteiger partial charge >= 0.3 is 13.2 Å². The topological polar surface area (TPSA) is 153 Å². The van der Waals surface area contributed by atoms with Crippen LogP contribution in [-0.4, -0.2) is 118 Å². The highest BCUT2D eigenvalue weighted by Gasteiger charge is 2.50. The number of halogens is 4. The standard InChI is InChI=1S/C34H47F4N3O9/c1-21(2)13-23(30(45)39-26(29(44)34(3)20-50-34)14-22-7-5-4-6-8-22)16-28(43)27(19-49-33(37)38)40-31(46)24(18-48-32(35)36)15-25(42)17-41-9-11-47-12-10-41/h4-8,21,23-24,26-27,32-33H,9-20H2,1-3H3,(H,39,45)(H,40,46)/t23-,24+,26+,27+,34-/m1/s1. The van der Waals surface area contributed by atoms with Crippen LogP contribution in [0.4, 0.5) is 17.6 Å². The summed E-state index contributed by atoms with van der Waals surface area (Å²) in [6.07, 6.45) is -0.741. The number of carbonyl (C=O) groups is 5. The van der Waals surface area contributed by atoms with Crippen LogP contribution >= 0.6 is 0 Å². The van der Waals surface area contributed by atoms with Crippen molar-refractivity contribution in [2.75, 3.05) is 52.7 Å². The van der Waals surface area contributed by atoms with Gasteiger partial charge in [0.1, 0.15) is 17.4 Å². The largest absolute Gasteiger partial charge is 0.379 e. The Kier molecular flexibility index (Phi) is 16.4. The second kappa shape index (κ2) is 19.9. The number of amides is 2. The Morgan fingerprint density at radius 2 is 1.44 bits per heavy atom. The van der Waals surface area contributed by atoms with Crippen LogP contribution in [0.15, 0.2) is 30.3 Å². The van der Waals surface area contributed by atoms with Gasteiger partial charge < -0.3 is 29.6 Å². The van der Waals surface area contributed by atoms with Gasteiger partial charge in [0.2, 0.25) is 11.8 Å². The average molecular weight is 718 g/mol. The molecule has 2 heterocycles. The van der Waals surface area contributed by atoms with Crippen molar-refractivity contribution < 1.29 is 60.5 Å². The Labute approximate surface area is 288 Å². The summed E-state index contributed by atoms with van der Waals surface area (Å²) in [6, 6.07) is 6.25. The molecule has 2 amide bonds. The molecule has 0 aliphatic carbocycles. The van der Waals surface area contributed by atoms with Crippen LogP contribution in [0.5, 0.6) is 0 Å². The van der Waals surface area contributed by atoms with Gasteiger partial charge in [0.05, 0.1) is 51.5 Å². The van der Waals surface area contributed by atoms with Gasteiger partial charge in [-0.1, -0.05) is 44.2 Å². The number of ether oxygens (including phenoxy) is 4. The zero-order valence-corrected chi connectivity index (χ0v) is 28.5. The van der Waals surface area contributed by atoms with Crippen LogP contribution in [0.1, 0.15) is 45.6 Å². The number of hydrogen-bond donors (Lipinski definition) is 2. The lowest BCUT2D eigenvalue weighted by Crippen LogP contribution is -2.51. The van der Waals surface area contributed by atoms with Gasteiger partial charge in [-0.2, -0.15) is 17.6 Å². The van der Waals surface area contributed by atoms with Crippen molar-refractivity contribution in [3.8, 4) is 0 Å². The third-order valence-electron chi connectivity index (χ3n) is 8.45. The van der Waals surface area contributed by atoms with E-state index in [4.69, 9.17) is 9.47 Å². The maximum Gasteiger partial charge on any atom is 0.345 e. The number of alkyl halides is 4. The van der Waals surface area contributed by atoms with E-state index in [1.807, 2.05) is 0 Å². The molecule has 2 fully saturated rings. The lowest BCUT2D eigenvalue weighted by atomic mass is 9.88. The molecule has 3 rings (SSSR count). The molecule has 280 valence electrons. The van der Waals surface area contributed by atoms with E-state index in [1.54, 1.807) is 56.0 Å². The van der Waals surface area contributed by atoms with Crippen LogP contribution < -0.4 is 10.6 Å². The molecule has 2 aliphatic heterocycles. The van der Waals surface area contributed by atoms with E-state index in [2.05, 4.69) is 20.1 Å². The first kappa shape index (κ1) is 41.1. The number of nitrogens with zero attached hydrogens (tertiary/aromatic N) is 1. The number of rotatable bonds is 23. The maximum absolute atomic E-state index is 13.7. The molecule has 0 unspecified atom stereocenters. The number of Topliss-reactive ketones (excluding diaryl/α,β-unsaturated/α-hetero) is 3. The number of ketones is 3. The minimum Gasteiger partial charge on any atom is -0.379 e. The molecule has 16 heteroatoms. The molecule has 1 aromatic carbocycles. The summed E-state index contributed by atoms with van der Waals surface area (Å²) in [6.45, 7) is -1.43. The van der Waals surface area contributed by atoms with E-state index >= 15 is 0 Å². The normalized spacial score (nSPS) is 20.3. The third-order valence-corrected chi connectivity index (χ3v) is 8.45. The highest BCUT2D eigenvalue weighted by molar-refractivity contribution is 5.98. The Morgan fingerprint density at radius 3 is 2.02 bits per heavy atom. The van der Waals surface area contributed by atoms with Gasteiger partial charge in [-0.25, -0.2) is 0 Å². The summed E-state index contributed by atoms with van der Waals surface area (Å²) in [5, 5.41) is 5.02. The molecule has 0 bridgehead atoms. The zero-order chi connectivity index (χ0) is 36.8. The first-order chi connectivity index (χ1) is 23.7. The van der Waals surface area contributed by atoms with E-state index in [1.165, 1.54) is 0 Å². The van der Waals surface area contributed by atoms with E-state index in [0.717, 1.165) is 5.56 Å². The monoisotopic (exact) mass is 717 g/mol. The minimum atomic E-state index is -3.32. The van der Waals surface area contributed by atoms with Crippen molar-refractivity contribution >= 4 is 29.2 Å². The second-order valence-corrected chi connectivity index (χ2v) is 13.2. The summed E-state index contributed by atoms with van der Waals surface area (Å²) in [7, 11) is 0. The summed E-state index contributed by atoms with van der Waals surface area (Å²) in [5.74, 6) is -6.00. The molecule has 0 spiro atoms. The number of morpholine rings is 1. The number of benzene rings is 1. The van der Waals surface area contributed by atoms with E-state index < -0.39 is 92.2 Å². The van der Waals surface area contributed by atoms with Crippen LogP contribution in [0.3, 0.4) is 0 Å². The fourth-order valence-electron chi connectivity index (χ4n) is 5.64. The number of hydrogen-bond acceptors (Lipinski definition) is 10. The highest BCUT2D eigenvalue weighted by Crippen LogP contribution is 2.29. The minimum absolute atomic E-state index is 0.0797. The molecule has 0 saturated carbocycles. The van der Waals surface area contributed by atoms with Crippen molar-refractivity contribution in [1.29, 1.82) is 0 Å². The lowest BCUT2D eigenvalue weighted by molar-refractivity contribution is -0.156. The van der Waals surface area contributed by atoms with Gasteiger partial charge in [-0.3, -0.25) is 28.9 Å². The molecule has 0 radical (unpaired) electrons. The van der Waals surface area contributed by atoms with E-state index in [0.29, 0.717) is 26.3 Å². The molecule has 50 heavy (non-hydrogen) atoms. The first-order valence-electron chi connectivity index (χ1n) is 16.6. The number of nitrogens with one attached hydrogen (secondary N) is 2. The van der Waals surface area contributed by atoms with E-state index in [9.17, 15) is 41.5 Å². The highest BCUT2D eigenvalue weighted by atomic mass is 19.3. The van der Waals surface area contributed by atoms with Crippen molar-refractivity contribution in [1.82, 2.24) is 15.5 Å². The maximum atomic E-state index is 13.7. The van der Waals surface area contributed by atoms with Crippen molar-refractivity contribution in [2.45, 2.75) is 77.4 Å². The van der Waals surface area contributed by atoms with Crippen molar-refractivity contribution in [3.05, 3.63) is 35.9 Å². The van der Waals surface area contributed by atoms with Gasteiger partial charge in [-0.05, 0) is 31.2 Å². The fraction of sp³-hybridized carbons (Fsp3) is 0.676. The lowest BCUT2D eigenvalue weighted by Gasteiger charge is -2.27. The zero-order valence-electron chi connectivity index (χ0n) is 28.5. The number of carbonyl (C=O) groups excluding carboxylic acids is 5. The third kappa shape index (κ3) is 14.1. The summed E-state index contributed by atoms with van der Waals surface area (Å²) < 4.78 is 71.3. The molecule has 5 atom stereocenters. The molecule has 2 aliphatic rings. The predicted octanol–water partition coefficient (Wildman–Crippen LogP) is 2.56. The SMILES string of the molecule is CC(C)C[C@H](CC(=O)[C@H](COC(F)F)NC(=O)[C@H](COC(F)F)CC(=O)CN1CCOCC1)C(=O)N[C@@H](Cc1ccccc1)C(=O)[C@@]1(C)CO1. The molecule has 2 N–H and O–H groups in total. The average Bonchev–Trinajstić information content (AvgIpc) is 3.82. The van der Waals surface area contributed by atoms with Gasteiger partial charge in [0, 0.05) is 31.8 Å². The molecule has 2 saturated heterocycles. The summed E-state index contributed by atoms with van der Waals surface area (Å²) in [5.41, 5.74) is -0.292. The van der Waals surface area contributed by atoms with Crippen LogP contribution in [-0.2, 0) is 49.3 Å². The van der Waals surface area contributed by atoms with E-state index in [-0.39, 0.29) is 37.7 Å². The fourth-order valence-corrected chi connectivity index (χ4v) is 5.64. The Balaban J connectivity index is 1.75. The van der Waals surface area contributed by atoms with Gasteiger partial charge in [0.25, 0.3) is 0 Å². The second-order valence-electron chi connectivity index (χ2n) is 13.2. The Hall–Kier alpha value is -3.31. The molecule has 0 aromatic heterocycles. The molecule has 12 nitrogen and oxygen atoms in total. The Bertz CT molecular complexity index is 1280. The van der Waals surface area contributed by atoms with Gasteiger partial charge in [0.15, 0.2) is 11.6 Å². The van der Waals surface area contributed by atoms with Crippen molar-refractivity contribution in [3.63, 3.8) is 0 Å². The van der Waals surface area contributed by atoms with Crippen LogP contribution in [0, 0.1) is 17.8 Å². The molecule has 1 aromatic rings. The number of epoxide rings is 1. The summed E-state index contributed by atoms with van der Waals surface area (Å²) >= 11 is 0. The van der Waals surface area contributed by atoms with Crippen LogP contribution in [0.25, 0.3) is 0 Å². The predicted molar refractivity (Wildman–Crippen MR) is 170 cm³/mol. The smallest absolute Gasteiger partial charge is 0.345 e. The van der Waals surface area contributed by atoms with Crippen LogP contribution in [0.2, 0.25) is 0 Å². The first-order valence-corrected chi connectivity index (χ1v) is 16.6. The van der Waals surface area contributed by atoms with Gasteiger partial charge in [-0.15, -0.1) is 0 Å². The Morgan fingerprint density at radius 1 is 0.860 bits per heavy atom.